The number of hydrogen-bond donors (Lipinski definition) is 1. The van der Waals surface area contributed by atoms with Crippen molar-refractivity contribution in [3.05, 3.63) is 53.6 Å². The number of benzene rings is 2. The maximum Gasteiger partial charge on any atom is 0.337 e. The molecular weight excluding hydrogens is 358 g/mol. The van der Waals surface area contributed by atoms with Gasteiger partial charge in [0.15, 0.2) is 11.5 Å². The minimum Gasteiger partial charge on any atom is -0.486 e. The van der Waals surface area contributed by atoms with E-state index >= 15 is 0 Å². The van der Waals surface area contributed by atoms with E-state index in [2.05, 4.69) is 19.2 Å². The molecule has 0 aliphatic carbocycles. The van der Waals surface area contributed by atoms with Crippen LogP contribution >= 0.6 is 0 Å². The summed E-state index contributed by atoms with van der Waals surface area (Å²) in [4.78, 5) is 24.3. The van der Waals surface area contributed by atoms with Gasteiger partial charge in [-0.3, -0.25) is 4.79 Å². The lowest BCUT2D eigenvalue weighted by molar-refractivity contribution is -0.116. The van der Waals surface area contributed by atoms with E-state index in [-0.39, 0.29) is 17.7 Å². The Morgan fingerprint density at radius 2 is 1.82 bits per heavy atom. The Balaban J connectivity index is 1.72. The van der Waals surface area contributed by atoms with Gasteiger partial charge in [-0.2, -0.15) is 0 Å². The third-order valence-electron chi connectivity index (χ3n) is 4.77. The maximum absolute atomic E-state index is 12.7. The Bertz CT molecular complexity index is 862. The zero-order valence-electron chi connectivity index (χ0n) is 16.4. The van der Waals surface area contributed by atoms with E-state index in [0.29, 0.717) is 30.9 Å². The first-order valence-electron chi connectivity index (χ1n) is 9.35. The van der Waals surface area contributed by atoms with Crippen LogP contribution in [0.1, 0.15) is 42.1 Å². The molecule has 1 atom stereocenters. The van der Waals surface area contributed by atoms with Gasteiger partial charge in [-0.15, -0.1) is 0 Å². The number of fused-ring (bicyclic) bond motifs is 1. The van der Waals surface area contributed by atoms with Gasteiger partial charge in [0.05, 0.1) is 12.7 Å². The number of carbonyl (C=O) groups is 2. The molecule has 1 unspecified atom stereocenters. The van der Waals surface area contributed by atoms with E-state index in [1.807, 2.05) is 18.2 Å². The van der Waals surface area contributed by atoms with Crippen LogP contribution in [0.25, 0.3) is 0 Å². The second kappa shape index (κ2) is 8.78. The molecule has 0 spiro atoms. The van der Waals surface area contributed by atoms with Crippen molar-refractivity contribution in [1.82, 2.24) is 0 Å². The summed E-state index contributed by atoms with van der Waals surface area (Å²) in [7, 11) is 1.33. The Kier molecular flexibility index (Phi) is 6.19. The van der Waals surface area contributed by atoms with Gasteiger partial charge < -0.3 is 19.5 Å². The zero-order chi connectivity index (χ0) is 20.1. The Morgan fingerprint density at radius 1 is 1.07 bits per heavy atom. The Morgan fingerprint density at radius 3 is 2.54 bits per heavy atom. The van der Waals surface area contributed by atoms with Crippen LogP contribution in [0.5, 0.6) is 11.5 Å². The van der Waals surface area contributed by atoms with E-state index in [9.17, 15) is 9.59 Å². The average molecular weight is 383 g/mol. The van der Waals surface area contributed by atoms with Crippen molar-refractivity contribution in [2.75, 3.05) is 25.6 Å². The fourth-order valence-electron chi connectivity index (χ4n) is 3.28. The van der Waals surface area contributed by atoms with Crippen molar-refractivity contribution in [3.63, 3.8) is 0 Å². The van der Waals surface area contributed by atoms with Crippen molar-refractivity contribution >= 4 is 17.6 Å². The molecule has 0 bridgehead atoms. The summed E-state index contributed by atoms with van der Waals surface area (Å²) < 4.78 is 16.0. The third-order valence-corrected chi connectivity index (χ3v) is 4.77. The number of esters is 1. The summed E-state index contributed by atoms with van der Waals surface area (Å²) in [6.07, 6.45) is 0.319. The van der Waals surface area contributed by atoms with Crippen molar-refractivity contribution in [1.29, 1.82) is 0 Å². The van der Waals surface area contributed by atoms with E-state index < -0.39 is 5.97 Å². The van der Waals surface area contributed by atoms with Crippen molar-refractivity contribution < 1.29 is 23.8 Å². The van der Waals surface area contributed by atoms with Crippen molar-refractivity contribution in [3.8, 4) is 11.5 Å². The van der Waals surface area contributed by atoms with E-state index in [4.69, 9.17) is 14.2 Å². The summed E-state index contributed by atoms with van der Waals surface area (Å²) in [5.41, 5.74) is 2.00. The van der Waals surface area contributed by atoms with Crippen LogP contribution in [0.15, 0.2) is 42.5 Å². The predicted molar refractivity (Wildman–Crippen MR) is 106 cm³/mol. The van der Waals surface area contributed by atoms with Gasteiger partial charge in [0.2, 0.25) is 5.91 Å². The van der Waals surface area contributed by atoms with Crippen molar-refractivity contribution in [2.45, 2.75) is 26.2 Å². The number of amides is 1. The number of nitrogens with one attached hydrogen (secondary N) is 1. The van der Waals surface area contributed by atoms with Gasteiger partial charge in [-0.05, 0) is 47.7 Å². The second-order valence-electron chi connectivity index (χ2n) is 7.08. The van der Waals surface area contributed by atoms with Gasteiger partial charge in [-0.1, -0.05) is 26.0 Å². The van der Waals surface area contributed by atoms with E-state index in [1.54, 1.807) is 24.3 Å². The zero-order valence-corrected chi connectivity index (χ0v) is 16.4. The molecule has 1 aliphatic rings. The van der Waals surface area contributed by atoms with E-state index in [0.717, 1.165) is 17.1 Å². The summed E-state index contributed by atoms with van der Waals surface area (Å²) in [6, 6.07) is 12.6. The highest BCUT2D eigenvalue weighted by Crippen LogP contribution is 2.36. The lowest BCUT2D eigenvalue weighted by Gasteiger charge is -2.24. The largest absolute Gasteiger partial charge is 0.486 e. The molecule has 1 amide bonds. The molecule has 1 N–H and O–H groups in total. The minimum atomic E-state index is -0.438. The first-order chi connectivity index (χ1) is 13.5. The monoisotopic (exact) mass is 383 g/mol. The molecule has 1 heterocycles. The fraction of sp³-hybridized carbons (Fsp3) is 0.364. The normalized spacial score (nSPS) is 13.7. The summed E-state index contributed by atoms with van der Waals surface area (Å²) in [5.74, 6) is 1.19. The highest BCUT2D eigenvalue weighted by atomic mass is 16.6. The molecule has 0 saturated heterocycles. The molecule has 6 heteroatoms. The van der Waals surface area contributed by atoms with Crippen LogP contribution in [0.3, 0.4) is 0 Å². The van der Waals surface area contributed by atoms with Gasteiger partial charge in [-0.25, -0.2) is 4.79 Å². The molecular formula is C22H25NO5. The number of anilines is 1. The fourth-order valence-corrected chi connectivity index (χ4v) is 3.28. The topological polar surface area (TPSA) is 73.9 Å². The number of carbonyl (C=O) groups excluding carboxylic acids is 2. The van der Waals surface area contributed by atoms with Gasteiger partial charge in [0.25, 0.3) is 0 Å². The molecule has 0 fully saturated rings. The smallest absolute Gasteiger partial charge is 0.337 e. The van der Waals surface area contributed by atoms with Crippen molar-refractivity contribution in [2.24, 2.45) is 5.92 Å². The van der Waals surface area contributed by atoms with Crippen LogP contribution in [-0.4, -0.2) is 32.2 Å². The van der Waals surface area contributed by atoms with Crippen LogP contribution in [0, 0.1) is 5.92 Å². The molecule has 3 rings (SSSR count). The lowest BCUT2D eigenvalue weighted by Crippen LogP contribution is -2.20. The SMILES string of the molecule is COC(=O)c1cccc(NC(=O)CC(c2ccc3c(c2)OCCO3)C(C)C)c1. The summed E-state index contributed by atoms with van der Waals surface area (Å²) >= 11 is 0. The molecule has 6 nitrogen and oxygen atoms in total. The number of ether oxygens (including phenoxy) is 3. The first-order valence-corrected chi connectivity index (χ1v) is 9.35. The van der Waals surface area contributed by atoms with Crippen LogP contribution in [-0.2, 0) is 9.53 Å². The molecule has 0 saturated carbocycles. The van der Waals surface area contributed by atoms with Gasteiger partial charge >= 0.3 is 5.97 Å². The molecule has 0 aromatic heterocycles. The summed E-state index contributed by atoms with van der Waals surface area (Å²) in [6.45, 7) is 5.26. The molecule has 2 aromatic rings. The molecule has 28 heavy (non-hydrogen) atoms. The van der Waals surface area contributed by atoms with Crippen LogP contribution in [0.2, 0.25) is 0 Å². The van der Waals surface area contributed by atoms with Crippen LogP contribution < -0.4 is 14.8 Å². The summed E-state index contributed by atoms with van der Waals surface area (Å²) in [5, 5.41) is 2.88. The first kappa shape index (κ1) is 19.7. The lowest BCUT2D eigenvalue weighted by atomic mass is 9.85. The highest BCUT2D eigenvalue weighted by Gasteiger charge is 2.22. The third kappa shape index (κ3) is 4.63. The Hall–Kier alpha value is -3.02. The minimum absolute atomic E-state index is 0.0274. The predicted octanol–water partition coefficient (Wildman–Crippen LogP) is 4.01. The quantitative estimate of drug-likeness (QED) is 0.763. The average Bonchev–Trinajstić information content (AvgIpc) is 2.71. The second-order valence-corrected chi connectivity index (χ2v) is 7.08. The standard InChI is InChI=1S/C22H25NO5/c1-14(2)18(15-7-8-19-20(12-15)28-10-9-27-19)13-21(24)23-17-6-4-5-16(11-17)22(25)26-3/h4-8,11-12,14,18H,9-10,13H2,1-3H3,(H,23,24). The molecule has 1 aliphatic heterocycles. The Labute approximate surface area is 164 Å². The highest BCUT2D eigenvalue weighted by molar-refractivity contribution is 5.94. The number of rotatable bonds is 6. The number of methoxy groups -OCH3 is 1. The van der Waals surface area contributed by atoms with Gasteiger partial charge in [0.1, 0.15) is 13.2 Å². The molecule has 2 aromatic carbocycles. The molecule has 148 valence electrons. The van der Waals surface area contributed by atoms with Crippen LogP contribution in [0.4, 0.5) is 5.69 Å². The van der Waals surface area contributed by atoms with E-state index in [1.165, 1.54) is 7.11 Å². The maximum atomic E-state index is 12.7. The van der Waals surface area contributed by atoms with Gasteiger partial charge in [0, 0.05) is 12.1 Å². The molecule has 0 radical (unpaired) electrons. The number of hydrogen-bond acceptors (Lipinski definition) is 5.